The highest BCUT2D eigenvalue weighted by Crippen LogP contribution is 2.47. The number of carboxylic acids is 1. The van der Waals surface area contributed by atoms with Crippen molar-refractivity contribution < 1.29 is 19.4 Å². The molecule has 0 aliphatic carbocycles. The Bertz CT molecular complexity index is 478. The van der Waals surface area contributed by atoms with Gasteiger partial charge in [-0.2, -0.15) is 0 Å². The largest absolute Gasteiger partial charge is 0.492 e. The maximum atomic E-state index is 11.3. The number of hydrazine groups is 1. The predicted molar refractivity (Wildman–Crippen MR) is 59.6 cm³/mol. The Labute approximate surface area is 97.3 Å². The zero-order valence-electron chi connectivity index (χ0n) is 9.08. The summed E-state index contributed by atoms with van der Waals surface area (Å²) in [5.74, 6) is 5.51. The van der Waals surface area contributed by atoms with Gasteiger partial charge in [-0.05, 0) is 0 Å². The number of hydrogen-bond donors (Lipinski definition) is 3. The van der Waals surface area contributed by atoms with E-state index in [0.29, 0.717) is 48.8 Å². The van der Waals surface area contributed by atoms with E-state index in [1.54, 1.807) is 0 Å². The highest BCUT2D eigenvalue weighted by atomic mass is 16.5. The average Bonchev–Trinajstić information content (AvgIpc) is 2.92. The van der Waals surface area contributed by atoms with Gasteiger partial charge in [0.2, 0.25) is 0 Å². The molecule has 0 saturated carbocycles. The molecular weight excluding hydrogens is 224 g/mol. The molecule has 0 spiro atoms. The molecule has 3 rings (SSSR count). The van der Waals surface area contributed by atoms with E-state index in [0.717, 1.165) is 5.56 Å². The molecule has 2 aliphatic heterocycles. The SMILES string of the molecule is NNc1c2c(c(C(=O)O)c3c1OCC3)OCC2. The summed E-state index contributed by atoms with van der Waals surface area (Å²) in [6.45, 7) is 0.959. The number of carboxylic acid groups (broad SMARTS) is 1. The Hall–Kier alpha value is -1.95. The first kappa shape index (κ1) is 10.2. The molecule has 2 aliphatic rings. The smallest absolute Gasteiger partial charge is 0.339 e. The van der Waals surface area contributed by atoms with Crippen LogP contribution >= 0.6 is 0 Å². The minimum Gasteiger partial charge on any atom is -0.492 e. The summed E-state index contributed by atoms with van der Waals surface area (Å²) in [7, 11) is 0. The number of hydrogen-bond acceptors (Lipinski definition) is 5. The fraction of sp³-hybridized carbons (Fsp3) is 0.364. The van der Waals surface area contributed by atoms with Crippen LogP contribution in [0.15, 0.2) is 0 Å². The van der Waals surface area contributed by atoms with E-state index in [-0.39, 0.29) is 5.56 Å². The van der Waals surface area contributed by atoms with Gasteiger partial charge in [0.05, 0.1) is 18.9 Å². The summed E-state index contributed by atoms with van der Waals surface area (Å²) in [5.41, 5.74) is 4.95. The third-order valence-corrected chi connectivity index (χ3v) is 3.16. The first-order valence-electron chi connectivity index (χ1n) is 5.41. The number of anilines is 1. The van der Waals surface area contributed by atoms with Crippen molar-refractivity contribution in [3.8, 4) is 11.5 Å². The van der Waals surface area contributed by atoms with E-state index in [2.05, 4.69) is 5.43 Å². The van der Waals surface area contributed by atoms with Gasteiger partial charge in [-0.3, -0.25) is 5.84 Å². The van der Waals surface area contributed by atoms with E-state index in [1.165, 1.54) is 0 Å². The number of rotatable bonds is 2. The molecule has 4 N–H and O–H groups in total. The summed E-state index contributed by atoms with van der Waals surface area (Å²) in [6, 6.07) is 0. The summed E-state index contributed by atoms with van der Waals surface area (Å²) >= 11 is 0. The van der Waals surface area contributed by atoms with Crippen molar-refractivity contribution in [2.75, 3.05) is 18.6 Å². The molecule has 6 nitrogen and oxygen atoms in total. The van der Waals surface area contributed by atoms with Gasteiger partial charge in [0.15, 0.2) is 0 Å². The molecule has 0 saturated heterocycles. The van der Waals surface area contributed by atoms with Gasteiger partial charge in [-0.25, -0.2) is 4.79 Å². The molecule has 0 radical (unpaired) electrons. The Morgan fingerprint density at radius 1 is 1.18 bits per heavy atom. The lowest BCUT2D eigenvalue weighted by molar-refractivity contribution is 0.0692. The van der Waals surface area contributed by atoms with Gasteiger partial charge in [-0.15, -0.1) is 0 Å². The molecule has 1 aromatic carbocycles. The molecule has 2 heterocycles. The van der Waals surface area contributed by atoms with Crippen LogP contribution < -0.4 is 20.7 Å². The summed E-state index contributed by atoms with van der Waals surface area (Å²) in [6.07, 6.45) is 1.22. The molecule has 0 unspecified atom stereocenters. The maximum absolute atomic E-state index is 11.3. The van der Waals surface area contributed by atoms with E-state index in [4.69, 9.17) is 15.3 Å². The minimum absolute atomic E-state index is 0.226. The lowest BCUT2D eigenvalue weighted by Gasteiger charge is -2.14. The second kappa shape index (κ2) is 3.53. The van der Waals surface area contributed by atoms with Crippen LogP contribution in [-0.2, 0) is 12.8 Å². The molecule has 0 bridgehead atoms. The quantitative estimate of drug-likeness (QED) is 0.512. The third kappa shape index (κ3) is 1.27. The second-order valence-electron chi connectivity index (χ2n) is 4.01. The van der Waals surface area contributed by atoms with Gasteiger partial charge in [0.1, 0.15) is 17.1 Å². The maximum Gasteiger partial charge on any atom is 0.339 e. The molecule has 0 amide bonds. The number of ether oxygens (including phenoxy) is 2. The highest BCUT2D eigenvalue weighted by molar-refractivity contribution is 5.97. The number of fused-ring (bicyclic) bond motifs is 2. The van der Waals surface area contributed by atoms with Crippen molar-refractivity contribution >= 4 is 11.7 Å². The van der Waals surface area contributed by atoms with Crippen LogP contribution in [0.3, 0.4) is 0 Å². The number of nitrogens with two attached hydrogens (primary N) is 1. The Morgan fingerprint density at radius 2 is 1.82 bits per heavy atom. The Morgan fingerprint density at radius 3 is 2.47 bits per heavy atom. The molecule has 17 heavy (non-hydrogen) atoms. The lowest BCUT2D eigenvalue weighted by Crippen LogP contribution is -2.12. The van der Waals surface area contributed by atoms with Gasteiger partial charge in [-0.1, -0.05) is 0 Å². The number of carbonyl (C=O) groups is 1. The van der Waals surface area contributed by atoms with E-state index >= 15 is 0 Å². The van der Waals surface area contributed by atoms with Crippen LogP contribution in [-0.4, -0.2) is 24.3 Å². The van der Waals surface area contributed by atoms with Crippen molar-refractivity contribution in [1.82, 2.24) is 0 Å². The summed E-state index contributed by atoms with van der Waals surface area (Å²) in [4.78, 5) is 11.3. The highest BCUT2D eigenvalue weighted by Gasteiger charge is 2.33. The zero-order chi connectivity index (χ0) is 12.0. The van der Waals surface area contributed by atoms with Gasteiger partial charge in [0, 0.05) is 24.0 Å². The summed E-state index contributed by atoms with van der Waals surface area (Å²) < 4.78 is 10.9. The molecule has 1 aromatic rings. The Balaban J connectivity index is 2.34. The van der Waals surface area contributed by atoms with Crippen molar-refractivity contribution in [3.05, 3.63) is 16.7 Å². The van der Waals surface area contributed by atoms with Gasteiger partial charge in [0.25, 0.3) is 0 Å². The normalized spacial score (nSPS) is 15.8. The van der Waals surface area contributed by atoms with Crippen LogP contribution in [0.2, 0.25) is 0 Å². The first-order chi connectivity index (χ1) is 8.24. The van der Waals surface area contributed by atoms with Gasteiger partial charge < -0.3 is 20.0 Å². The minimum atomic E-state index is -0.978. The van der Waals surface area contributed by atoms with Crippen molar-refractivity contribution in [2.24, 2.45) is 5.84 Å². The number of benzene rings is 1. The number of aromatic carboxylic acids is 1. The molecule has 0 aromatic heterocycles. The zero-order valence-corrected chi connectivity index (χ0v) is 9.08. The summed E-state index contributed by atoms with van der Waals surface area (Å²) in [5, 5.41) is 9.29. The topological polar surface area (TPSA) is 93.8 Å². The lowest BCUT2D eigenvalue weighted by atomic mass is 9.97. The second-order valence-corrected chi connectivity index (χ2v) is 4.01. The molecule has 90 valence electrons. The first-order valence-corrected chi connectivity index (χ1v) is 5.41. The van der Waals surface area contributed by atoms with E-state index in [9.17, 15) is 9.90 Å². The van der Waals surface area contributed by atoms with Crippen molar-refractivity contribution in [2.45, 2.75) is 12.8 Å². The van der Waals surface area contributed by atoms with Crippen LogP contribution in [0.25, 0.3) is 0 Å². The van der Waals surface area contributed by atoms with E-state index in [1.807, 2.05) is 0 Å². The molecular formula is C11H12N2O4. The van der Waals surface area contributed by atoms with Crippen molar-refractivity contribution in [3.63, 3.8) is 0 Å². The molecule has 0 atom stereocenters. The van der Waals surface area contributed by atoms with Crippen LogP contribution in [0.1, 0.15) is 21.5 Å². The average molecular weight is 236 g/mol. The Kier molecular flexibility index (Phi) is 2.12. The van der Waals surface area contributed by atoms with Gasteiger partial charge >= 0.3 is 5.97 Å². The molecule has 6 heteroatoms. The predicted octanol–water partition coefficient (Wildman–Crippen LogP) is 0.540. The number of nitrogen functional groups attached to an aromatic ring is 1. The van der Waals surface area contributed by atoms with Crippen LogP contribution in [0.4, 0.5) is 5.69 Å². The fourth-order valence-corrected chi connectivity index (χ4v) is 2.49. The fourth-order valence-electron chi connectivity index (χ4n) is 2.49. The third-order valence-electron chi connectivity index (χ3n) is 3.16. The van der Waals surface area contributed by atoms with E-state index < -0.39 is 5.97 Å². The number of nitrogens with one attached hydrogen (secondary N) is 1. The van der Waals surface area contributed by atoms with Crippen molar-refractivity contribution in [1.29, 1.82) is 0 Å². The standard InChI is InChI=1S/C11H12N2O4/c12-13-8-6-2-4-16-9(6)7(11(14)15)5-1-3-17-10(5)8/h13H,1-4,12H2,(H,14,15). The molecule has 0 fully saturated rings. The monoisotopic (exact) mass is 236 g/mol. The van der Waals surface area contributed by atoms with Crippen LogP contribution in [0, 0.1) is 0 Å². The van der Waals surface area contributed by atoms with Crippen LogP contribution in [0.5, 0.6) is 11.5 Å².